The van der Waals surface area contributed by atoms with Crippen molar-refractivity contribution < 1.29 is 9.90 Å². The Balaban J connectivity index is 1.87. The highest BCUT2D eigenvalue weighted by Gasteiger charge is 2.61. The number of likely N-dealkylation sites (tertiary alicyclic amines) is 1. The maximum absolute atomic E-state index is 10.7. The second kappa shape index (κ2) is 1.54. The van der Waals surface area contributed by atoms with Crippen LogP contribution in [0.5, 0.6) is 0 Å². The number of carboxylic acid groups (broad SMARTS) is 1. The van der Waals surface area contributed by atoms with Crippen molar-refractivity contribution in [3.05, 3.63) is 0 Å². The average molecular weight is 153 g/mol. The van der Waals surface area contributed by atoms with Gasteiger partial charge in [0.2, 0.25) is 0 Å². The molecule has 1 saturated heterocycles. The molecule has 3 nitrogen and oxygen atoms in total. The zero-order valence-electron chi connectivity index (χ0n) is 6.23. The molecule has 1 aliphatic heterocycles. The first-order valence-corrected chi connectivity index (χ1v) is 4.27. The van der Waals surface area contributed by atoms with Crippen LogP contribution in [0.25, 0.3) is 0 Å². The van der Waals surface area contributed by atoms with Gasteiger partial charge in [-0.2, -0.15) is 0 Å². The highest BCUT2D eigenvalue weighted by molar-refractivity contribution is 5.66. The first-order chi connectivity index (χ1) is 5.27. The number of hydrogen-bond acceptors (Lipinski definition) is 1. The van der Waals surface area contributed by atoms with Crippen molar-refractivity contribution in [2.24, 2.45) is 17.8 Å². The fraction of sp³-hybridized carbons (Fsp3) is 0.875. The van der Waals surface area contributed by atoms with Crippen LogP contribution >= 0.6 is 0 Å². The third-order valence-electron chi connectivity index (χ3n) is 3.61. The Morgan fingerprint density at radius 2 is 2.18 bits per heavy atom. The minimum Gasteiger partial charge on any atom is -0.465 e. The van der Waals surface area contributed by atoms with Gasteiger partial charge >= 0.3 is 6.09 Å². The van der Waals surface area contributed by atoms with Crippen LogP contribution in [0.4, 0.5) is 4.79 Å². The van der Waals surface area contributed by atoms with E-state index in [-0.39, 0.29) is 0 Å². The number of rotatable bonds is 0. The fourth-order valence-corrected chi connectivity index (χ4v) is 3.06. The molecular weight excluding hydrogens is 142 g/mol. The molecule has 11 heavy (non-hydrogen) atoms. The van der Waals surface area contributed by atoms with Gasteiger partial charge in [0.05, 0.1) is 0 Å². The Morgan fingerprint density at radius 3 is 2.73 bits per heavy atom. The molecule has 0 spiro atoms. The van der Waals surface area contributed by atoms with Crippen LogP contribution in [-0.2, 0) is 0 Å². The van der Waals surface area contributed by atoms with Crippen molar-refractivity contribution in [3.63, 3.8) is 0 Å². The Kier molecular flexibility index (Phi) is 0.822. The number of piperidine rings is 1. The van der Waals surface area contributed by atoms with Crippen LogP contribution in [0.3, 0.4) is 0 Å². The van der Waals surface area contributed by atoms with Gasteiger partial charge in [-0.05, 0) is 30.6 Å². The third kappa shape index (κ3) is 0.572. The number of nitrogens with zero attached hydrogens (tertiary/aromatic N) is 1. The lowest BCUT2D eigenvalue weighted by molar-refractivity contribution is 0.127. The summed E-state index contributed by atoms with van der Waals surface area (Å²) in [4.78, 5) is 12.3. The number of fused-ring (bicyclic) bond motifs is 5. The summed E-state index contributed by atoms with van der Waals surface area (Å²) in [6.45, 7) is 0.821. The van der Waals surface area contributed by atoms with Gasteiger partial charge < -0.3 is 10.0 Å². The molecule has 0 radical (unpaired) electrons. The lowest BCUT2D eigenvalue weighted by Crippen LogP contribution is -2.37. The molecule has 2 bridgehead atoms. The molecule has 4 unspecified atom stereocenters. The van der Waals surface area contributed by atoms with E-state index in [0.29, 0.717) is 6.04 Å². The molecule has 60 valence electrons. The van der Waals surface area contributed by atoms with Crippen molar-refractivity contribution in [2.75, 3.05) is 6.54 Å². The van der Waals surface area contributed by atoms with Gasteiger partial charge in [-0.15, -0.1) is 0 Å². The average Bonchev–Trinajstić information content (AvgIpc) is 2.57. The molecule has 0 aromatic carbocycles. The first kappa shape index (κ1) is 5.86. The summed E-state index contributed by atoms with van der Waals surface area (Å²) in [5.41, 5.74) is 0. The van der Waals surface area contributed by atoms with E-state index < -0.39 is 6.09 Å². The molecular formula is C8H11NO2. The molecule has 0 aromatic heterocycles. The number of carbonyl (C=O) groups is 1. The van der Waals surface area contributed by atoms with Gasteiger partial charge in [-0.1, -0.05) is 0 Å². The smallest absolute Gasteiger partial charge is 0.407 e. The van der Waals surface area contributed by atoms with E-state index in [4.69, 9.17) is 5.11 Å². The maximum atomic E-state index is 10.7. The molecule has 1 N–H and O–H groups in total. The van der Waals surface area contributed by atoms with Crippen LogP contribution in [0.15, 0.2) is 0 Å². The van der Waals surface area contributed by atoms with Gasteiger partial charge in [0, 0.05) is 12.6 Å². The standard InChI is InChI=1S/C8H11NO2/c10-8(11)9-3-4-1-7(9)6-2-5(4)6/h4-7H,1-3H2,(H,10,11). The molecule has 0 aromatic rings. The second-order valence-electron chi connectivity index (χ2n) is 4.06. The fourth-order valence-electron chi connectivity index (χ4n) is 3.06. The van der Waals surface area contributed by atoms with Crippen LogP contribution in [0.1, 0.15) is 12.8 Å². The maximum Gasteiger partial charge on any atom is 0.407 e. The van der Waals surface area contributed by atoms with Gasteiger partial charge in [-0.25, -0.2) is 4.79 Å². The second-order valence-corrected chi connectivity index (χ2v) is 4.06. The van der Waals surface area contributed by atoms with E-state index in [9.17, 15) is 4.79 Å². The Labute approximate surface area is 65.0 Å². The Morgan fingerprint density at radius 1 is 1.36 bits per heavy atom. The minimum atomic E-state index is -0.706. The predicted molar refractivity (Wildman–Crippen MR) is 38.2 cm³/mol. The van der Waals surface area contributed by atoms with Crippen LogP contribution < -0.4 is 0 Å². The van der Waals surface area contributed by atoms with E-state index >= 15 is 0 Å². The molecule has 3 fully saturated rings. The molecule has 1 amide bonds. The van der Waals surface area contributed by atoms with Crippen molar-refractivity contribution in [1.29, 1.82) is 0 Å². The zero-order valence-corrected chi connectivity index (χ0v) is 6.23. The summed E-state index contributed by atoms with van der Waals surface area (Å²) >= 11 is 0. The van der Waals surface area contributed by atoms with Crippen molar-refractivity contribution in [1.82, 2.24) is 4.90 Å². The summed E-state index contributed by atoms with van der Waals surface area (Å²) in [5.74, 6) is 2.39. The minimum absolute atomic E-state index is 0.405. The highest BCUT2D eigenvalue weighted by Crippen LogP contribution is 2.60. The molecule has 4 atom stereocenters. The first-order valence-electron chi connectivity index (χ1n) is 4.27. The van der Waals surface area contributed by atoms with Gasteiger partial charge in [0.25, 0.3) is 0 Å². The topological polar surface area (TPSA) is 40.5 Å². The van der Waals surface area contributed by atoms with E-state index in [1.54, 1.807) is 4.90 Å². The molecule has 2 saturated carbocycles. The summed E-state index contributed by atoms with van der Waals surface area (Å²) in [6.07, 6.45) is 1.75. The van der Waals surface area contributed by atoms with Gasteiger partial charge in [-0.3, -0.25) is 0 Å². The largest absolute Gasteiger partial charge is 0.465 e. The SMILES string of the molecule is O=C(O)N1CC2CC1C1CC21. The Bertz CT molecular complexity index is 228. The number of amides is 1. The molecule has 3 rings (SSSR count). The molecule has 2 aliphatic carbocycles. The summed E-state index contributed by atoms with van der Waals surface area (Å²) in [6, 6.07) is 0.405. The number of hydrogen-bond donors (Lipinski definition) is 1. The monoisotopic (exact) mass is 153 g/mol. The van der Waals surface area contributed by atoms with E-state index in [1.165, 1.54) is 6.42 Å². The quantitative estimate of drug-likeness (QED) is 0.564. The normalized spacial score (nSPS) is 51.1. The highest BCUT2D eigenvalue weighted by atomic mass is 16.4. The predicted octanol–water partition coefficient (Wildman–Crippen LogP) is 1.00. The van der Waals surface area contributed by atoms with E-state index in [0.717, 1.165) is 30.7 Å². The van der Waals surface area contributed by atoms with Crippen LogP contribution in [-0.4, -0.2) is 28.7 Å². The van der Waals surface area contributed by atoms with Crippen LogP contribution in [0.2, 0.25) is 0 Å². The lowest BCUT2D eigenvalue weighted by Gasteiger charge is -2.23. The van der Waals surface area contributed by atoms with Crippen LogP contribution in [0, 0.1) is 17.8 Å². The summed E-state index contributed by atoms with van der Waals surface area (Å²) in [5, 5.41) is 8.80. The van der Waals surface area contributed by atoms with Crippen molar-refractivity contribution in [3.8, 4) is 0 Å². The zero-order chi connectivity index (χ0) is 7.59. The van der Waals surface area contributed by atoms with Crippen molar-refractivity contribution in [2.45, 2.75) is 18.9 Å². The third-order valence-corrected chi connectivity index (χ3v) is 3.61. The molecule has 1 heterocycles. The Hall–Kier alpha value is -0.730. The molecule has 3 aliphatic rings. The van der Waals surface area contributed by atoms with E-state index in [2.05, 4.69) is 0 Å². The van der Waals surface area contributed by atoms with Gasteiger partial charge in [0.15, 0.2) is 0 Å². The summed E-state index contributed by atoms with van der Waals surface area (Å²) in [7, 11) is 0. The van der Waals surface area contributed by atoms with Gasteiger partial charge in [0.1, 0.15) is 0 Å². The summed E-state index contributed by atoms with van der Waals surface area (Å²) < 4.78 is 0. The molecule has 3 heteroatoms. The van der Waals surface area contributed by atoms with E-state index in [1.807, 2.05) is 0 Å². The lowest BCUT2D eigenvalue weighted by atomic mass is 10.1. The van der Waals surface area contributed by atoms with Crippen molar-refractivity contribution >= 4 is 6.09 Å².